The quantitative estimate of drug-likeness (QED) is 0.546. The summed E-state index contributed by atoms with van der Waals surface area (Å²) in [5.41, 5.74) is 4.35. The van der Waals surface area contributed by atoms with Gasteiger partial charge in [-0.3, -0.25) is 10.0 Å². The summed E-state index contributed by atoms with van der Waals surface area (Å²) in [5.74, 6) is 0.0577. The molecule has 0 fully saturated rings. The Morgan fingerprint density at radius 2 is 1.93 bits per heavy atom. The summed E-state index contributed by atoms with van der Waals surface area (Å²) in [6.45, 7) is 0. The second-order valence-corrected chi connectivity index (χ2v) is 3.78. The number of carbonyl (C=O) groups is 1. The minimum Gasteiger partial charge on any atom is -0.289 e. The third-order valence-electron chi connectivity index (χ3n) is 2.73. The van der Waals surface area contributed by atoms with Gasteiger partial charge in [-0.05, 0) is 29.9 Å². The predicted molar refractivity (Wildman–Crippen MR) is 51.9 cm³/mol. The van der Waals surface area contributed by atoms with Crippen LogP contribution in [0.25, 0.3) is 0 Å². The van der Waals surface area contributed by atoms with Gasteiger partial charge in [0.25, 0.3) is 0 Å². The number of hydroxylamine groups is 1. The fraction of sp³-hybridized carbons (Fsp3) is 0.364. The zero-order valence-electron chi connectivity index (χ0n) is 7.86. The molecule has 0 saturated heterocycles. The van der Waals surface area contributed by atoms with Crippen LogP contribution in [0.5, 0.6) is 0 Å². The average molecular weight is 191 g/mol. The summed E-state index contributed by atoms with van der Waals surface area (Å²) in [6, 6.07) is 8.25. The number of carbonyl (C=O) groups excluding carboxylic acids is 1. The van der Waals surface area contributed by atoms with Gasteiger partial charge in [0.15, 0.2) is 0 Å². The van der Waals surface area contributed by atoms with Crippen molar-refractivity contribution in [1.29, 1.82) is 0 Å². The molecule has 0 aliphatic heterocycles. The van der Waals surface area contributed by atoms with Crippen molar-refractivity contribution in [3.8, 4) is 0 Å². The molecule has 3 heteroatoms. The molecule has 3 nitrogen and oxygen atoms in total. The Bertz CT molecular complexity index is 324. The normalized spacial score (nSPS) is 15.2. The van der Waals surface area contributed by atoms with Crippen molar-refractivity contribution in [2.45, 2.75) is 19.3 Å². The van der Waals surface area contributed by atoms with Crippen LogP contribution in [-0.4, -0.2) is 11.1 Å². The van der Waals surface area contributed by atoms with Crippen LogP contribution in [0.4, 0.5) is 0 Å². The van der Waals surface area contributed by atoms with Crippen LogP contribution in [0.3, 0.4) is 0 Å². The third kappa shape index (κ3) is 1.77. The van der Waals surface area contributed by atoms with Crippen LogP contribution in [0, 0.1) is 5.92 Å². The molecule has 0 radical (unpaired) electrons. The molecule has 1 amide bonds. The number of benzene rings is 1. The number of nitrogens with one attached hydrogen (secondary N) is 1. The molecule has 1 aliphatic rings. The van der Waals surface area contributed by atoms with Crippen molar-refractivity contribution in [3.05, 3.63) is 35.4 Å². The highest BCUT2D eigenvalue weighted by Crippen LogP contribution is 2.28. The number of rotatable bonds is 2. The number of fused-ring (bicyclic) bond motifs is 1. The van der Waals surface area contributed by atoms with Gasteiger partial charge < -0.3 is 0 Å². The molecule has 1 aliphatic carbocycles. The zero-order chi connectivity index (χ0) is 9.97. The van der Waals surface area contributed by atoms with Gasteiger partial charge >= 0.3 is 0 Å². The molecule has 1 aromatic carbocycles. The molecule has 14 heavy (non-hydrogen) atoms. The van der Waals surface area contributed by atoms with E-state index in [2.05, 4.69) is 12.1 Å². The summed E-state index contributed by atoms with van der Waals surface area (Å²) in [4.78, 5) is 11.0. The SMILES string of the molecule is O=C(CC1Cc2ccccc2C1)NO. The van der Waals surface area contributed by atoms with E-state index in [9.17, 15) is 4.79 Å². The van der Waals surface area contributed by atoms with Crippen LogP contribution < -0.4 is 5.48 Å². The van der Waals surface area contributed by atoms with E-state index in [4.69, 9.17) is 5.21 Å². The summed E-state index contributed by atoms with van der Waals surface area (Å²) in [7, 11) is 0. The fourth-order valence-corrected chi connectivity index (χ4v) is 2.10. The largest absolute Gasteiger partial charge is 0.289 e. The van der Waals surface area contributed by atoms with Crippen LogP contribution in [0.15, 0.2) is 24.3 Å². The number of amides is 1. The Labute approximate surface area is 82.7 Å². The predicted octanol–water partition coefficient (Wildman–Crippen LogP) is 1.30. The zero-order valence-corrected chi connectivity index (χ0v) is 7.86. The third-order valence-corrected chi connectivity index (χ3v) is 2.73. The van der Waals surface area contributed by atoms with Crippen LogP contribution in [0.1, 0.15) is 17.5 Å². The van der Waals surface area contributed by atoms with Crippen LogP contribution in [-0.2, 0) is 17.6 Å². The Morgan fingerprint density at radius 3 is 2.43 bits per heavy atom. The first kappa shape index (κ1) is 9.21. The maximum absolute atomic E-state index is 11.0. The van der Waals surface area contributed by atoms with E-state index in [1.54, 1.807) is 5.48 Å². The van der Waals surface area contributed by atoms with Crippen LogP contribution in [0.2, 0.25) is 0 Å². The van der Waals surface area contributed by atoms with Gasteiger partial charge in [-0.15, -0.1) is 0 Å². The summed E-state index contributed by atoms with van der Waals surface area (Å²) in [6.07, 6.45) is 2.30. The standard InChI is InChI=1S/C11H13NO2/c13-11(12-14)7-8-5-9-3-1-2-4-10(9)6-8/h1-4,8,14H,5-7H2,(H,12,13). The van der Waals surface area contributed by atoms with Crippen molar-refractivity contribution in [3.63, 3.8) is 0 Å². The highest BCUT2D eigenvalue weighted by atomic mass is 16.5. The van der Waals surface area contributed by atoms with E-state index >= 15 is 0 Å². The smallest absolute Gasteiger partial charge is 0.243 e. The fourth-order valence-electron chi connectivity index (χ4n) is 2.10. The maximum atomic E-state index is 11.0. The Balaban J connectivity index is 2.01. The molecule has 0 spiro atoms. The molecule has 74 valence electrons. The molecule has 0 unspecified atom stereocenters. The summed E-state index contributed by atoms with van der Waals surface area (Å²) < 4.78 is 0. The minimum atomic E-state index is -0.289. The van der Waals surface area contributed by atoms with Crippen molar-refractivity contribution < 1.29 is 10.0 Å². The summed E-state index contributed by atoms with van der Waals surface area (Å²) >= 11 is 0. The first-order valence-electron chi connectivity index (χ1n) is 4.79. The molecular weight excluding hydrogens is 178 g/mol. The Morgan fingerprint density at radius 1 is 1.36 bits per heavy atom. The molecule has 0 saturated carbocycles. The second kappa shape index (κ2) is 3.80. The van der Waals surface area contributed by atoms with Crippen molar-refractivity contribution in [2.24, 2.45) is 5.92 Å². The van der Waals surface area contributed by atoms with Crippen molar-refractivity contribution in [2.75, 3.05) is 0 Å². The molecule has 0 atom stereocenters. The summed E-state index contributed by atoms with van der Waals surface area (Å²) in [5, 5.41) is 8.41. The first-order valence-corrected chi connectivity index (χ1v) is 4.79. The Hall–Kier alpha value is -1.35. The van der Waals surface area contributed by atoms with E-state index in [0.717, 1.165) is 12.8 Å². The lowest BCUT2D eigenvalue weighted by atomic mass is 10.0. The topological polar surface area (TPSA) is 49.3 Å². The lowest BCUT2D eigenvalue weighted by Gasteiger charge is -2.05. The highest BCUT2D eigenvalue weighted by molar-refractivity contribution is 5.75. The minimum absolute atomic E-state index is 0.289. The molecule has 0 aromatic heterocycles. The molecule has 2 N–H and O–H groups in total. The Kier molecular flexibility index (Phi) is 2.50. The van der Waals surface area contributed by atoms with Gasteiger partial charge in [0, 0.05) is 6.42 Å². The van der Waals surface area contributed by atoms with Gasteiger partial charge in [-0.1, -0.05) is 24.3 Å². The van der Waals surface area contributed by atoms with E-state index in [-0.39, 0.29) is 5.91 Å². The van der Waals surface area contributed by atoms with Gasteiger partial charge in [-0.25, -0.2) is 5.48 Å². The second-order valence-electron chi connectivity index (χ2n) is 3.78. The van der Waals surface area contributed by atoms with Crippen molar-refractivity contribution >= 4 is 5.91 Å². The lowest BCUT2D eigenvalue weighted by molar-refractivity contribution is -0.130. The molecule has 2 rings (SSSR count). The average Bonchev–Trinajstić information content (AvgIpc) is 2.59. The van der Waals surface area contributed by atoms with Gasteiger partial charge in [0.05, 0.1) is 0 Å². The van der Waals surface area contributed by atoms with Crippen molar-refractivity contribution in [1.82, 2.24) is 5.48 Å². The number of hydrogen-bond acceptors (Lipinski definition) is 2. The molecule has 1 aromatic rings. The van der Waals surface area contributed by atoms with Gasteiger partial charge in [0.1, 0.15) is 0 Å². The molecule has 0 bridgehead atoms. The molecule has 0 heterocycles. The van der Waals surface area contributed by atoms with Gasteiger partial charge in [0.2, 0.25) is 5.91 Å². The lowest BCUT2D eigenvalue weighted by Crippen LogP contribution is -2.22. The van der Waals surface area contributed by atoms with E-state index in [0.29, 0.717) is 12.3 Å². The van der Waals surface area contributed by atoms with Gasteiger partial charge in [-0.2, -0.15) is 0 Å². The maximum Gasteiger partial charge on any atom is 0.243 e. The first-order chi connectivity index (χ1) is 6.79. The molecular formula is C11H13NO2. The van der Waals surface area contributed by atoms with E-state index < -0.39 is 0 Å². The highest BCUT2D eigenvalue weighted by Gasteiger charge is 2.22. The van der Waals surface area contributed by atoms with E-state index in [1.165, 1.54) is 11.1 Å². The monoisotopic (exact) mass is 191 g/mol. The van der Waals surface area contributed by atoms with E-state index in [1.807, 2.05) is 12.1 Å². The van der Waals surface area contributed by atoms with Crippen LogP contribution >= 0.6 is 0 Å². The number of hydrogen-bond donors (Lipinski definition) is 2.